The molecule has 2 rings (SSSR count). The van der Waals surface area contributed by atoms with Crippen molar-refractivity contribution in [1.29, 1.82) is 0 Å². The molecule has 0 amide bonds. The van der Waals surface area contributed by atoms with Gasteiger partial charge in [-0.25, -0.2) is 0 Å². The van der Waals surface area contributed by atoms with Crippen LogP contribution in [0, 0.1) is 6.92 Å². The largest absolute Gasteiger partial charge is 0.394 e. The van der Waals surface area contributed by atoms with E-state index in [-0.39, 0.29) is 6.61 Å². The lowest BCUT2D eigenvalue weighted by Crippen LogP contribution is -2.07. The Balaban J connectivity index is 2.24. The van der Waals surface area contributed by atoms with Gasteiger partial charge in [0, 0.05) is 11.6 Å². The van der Waals surface area contributed by atoms with Gasteiger partial charge in [0.1, 0.15) is 0 Å². The first-order valence-corrected chi connectivity index (χ1v) is 4.46. The van der Waals surface area contributed by atoms with E-state index in [4.69, 9.17) is 5.11 Å². The number of hydrogen-bond donors (Lipinski definition) is 1. The Bertz CT molecular complexity index is 276. The first kappa shape index (κ1) is 7.80. The molecule has 0 radical (unpaired) electrons. The van der Waals surface area contributed by atoms with E-state index in [0.29, 0.717) is 6.54 Å². The molecule has 1 fully saturated rings. The van der Waals surface area contributed by atoms with E-state index in [9.17, 15) is 0 Å². The summed E-state index contributed by atoms with van der Waals surface area (Å²) in [6.07, 6.45) is 2.58. The van der Waals surface area contributed by atoms with Crippen molar-refractivity contribution in [2.45, 2.75) is 32.2 Å². The van der Waals surface area contributed by atoms with Crippen LogP contribution < -0.4 is 0 Å². The molecule has 0 unspecified atom stereocenters. The number of aryl methyl sites for hydroxylation is 1. The summed E-state index contributed by atoms with van der Waals surface area (Å²) in [5, 5.41) is 13.1. The van der Waals surface area contributed by atoms with Crippen molar-refractivity contribution in [3.63, 3.8) is 0 Å². The van der Waals surface area contributed by atoms with E-state index in [2.05, 4.69) is 11.2 Å². The molecule has 1 aliphatic carbocycles. The standard InChI is InChI=1S/C9H14N2O/c1-7-6-9(8-2-3-8)11(10-7)4-5-12/h6,8,12H,2-5H2,1H3. The van der Waals surface area contributed by atoms with Crippen molar-refractivity contribution in [2.75, 3.05) is 6.61 Å². The average molecular weight is 166 g/mol. The molecule has 1 aliphatic rings. The SMILES string of the molecule is Cc1cc(C2CC2)n(CCO)n1. The summed E-state index contributed by atoms with van der Waals surface area (Å²) in [5.41, 5.74) is 2.37. The number of nitrogens with zero attached hydrogens (tertiary/aromatic N) is 2. The predicted molar refractivity (Wildman–Crippen MR) is 46.0 cm³/mol. The van der Waals surface area contributed by atoms with Crippen LogP contribution in [0.25, 0.3) is 0 Å². The van der Waals surface area contributed by atoms with Gasteiger partial charge in [0.2, 0.25) is 0 Å². The monoisotopic (exact) mass is 166 g/mol. The Morgan fingerprint density at radius 1 is 1.67 bits per heavy atom. The fraction of sp³-hybridized carbons (Fsp3) is 0.667. The highest BCUT2D eigenvalue weighted by Crippen LogP contribution is 2.40. The zero-order valence-electron chi connectivity index (χ0n) is 7.32. The molecule has 0 bridgehead atoms. The van der Waals surface area contributed by atoms with Gasteiger partial charge in [0.05, 0.1) is 18.8 Å². The minimum atomic E-state index is 0.181. The van der Waals surface area contributed by atoms with Crippen LogP contribution in [0.5, 0.6) is 0 Å². The van der Waals surface area contributed by atoms with Gasteiger partial charge in [-0.3, -0.25) is 4.68 Å². The lowest BCUT2D eigenvalue weighted by molar-refractivity contribution is 0.267. The van der Waals surface area contributed by atoms with Gasteiger partial charge in [0.15, 0.2) is 0 Å². The van der Waals surface area contributed by atoms with E-state index in [1.54, 1.807) is 0 Å². The number of rotatable bonds is 3. The molecule has 0 spiro atoms. The van der Waals surface area contributed by atoms with Crippen LogP contribution >= 0.6 is 0 Å². The van der Waals surface area contributed by atoms with Gasteiger partial charge >= 0.3 is 0 Å². The number of aromatic nitrogens is 2. The zero-order chi connectivity index (χ0) is 8.55. The highest BCUT2D eigenvalue weighted by molar-refractivity contribution is 5.18. The van der Waals surface area contributed by atoms with Gasteiger partial charge in [-0.1, -0.05) is 0 Å². The first-order valence-electron chi connectivity index (χ1n) is 4.46. The Labute approximate surface area is 72.0 Å². The molecule has 3 heteroatoms. The molecule has 3 nitrogen and oxygen atoms in total. The summed E-state index contributed by atoms with van der Waals surface area (Å²) >= 11 is 0. The van der Waals surface area contributed by atoms with Crippen LogP contribution in [0.3, 0.4) is 0 Å². The highest BCUT2D eigenvalue weighted by atomic mass is 16.3. The molecule has 1 heterocycles. The van der Waals surface area contributed by atoms with E-state index in [0.717, 1.165) is 11.6 Å². The summed E-state index contributed by atoms with van der Waals surface area (Å²) < 4.78 is 1.94. The Morgan fingerprint density at radius 3 is 3.00 bits per heavy atom. The quantitative estimate of drug-likeness (QED) is 0.729. The summed E-state index contributed by atoms with van der Waals surface area (Å²) in [4.78, 5) is 0. The average Bonchev–Trinajstić information content (AvgIpc) is 2.79. The third-order valence-electron chi connectivity index (χ3n) is 2.24. The van der Waals surface area contributed by atoms with Crippen molar-refractivity contribution in [3.8, 4) is 0 Å². The van der Waals surface area contributed by atoms with Crippen molar-refractivity contribution in [2.24, 2.45) is 0 Å². The third-order valence-corrected chi connectivity index (χ3v) is 2.24. The molecule has 66 valence electrons. The molecule has 0 aromatic carbocycles. The molecule has 0 aliphatic heterocycles. The van der Waals surface area contributed by atoms with Gasteiger partial charge in [0.25, 0.3) is 0 Å². The lowest BCUT2D eigenvalue weighted by Gasteiger charge is -2.02. The minimum Gasteiger partial charge on any atom is -0.394 e. The van der Waals surface area contributed by atoms with Crippen LogP contribution in [0.1, 0.15) is 30.1 Å². The second-order valence-corrected chi connectivity index (χ2v) is 3.43. The first-order chi connectivity index (χ1) is 5.81. The van der Waals surface area contributed by atoms with E-state index >= 15 is 0 Å². The minimum absolute atomic E-state index is 0.181. The fourth-order valence-electron chi connectivity index (χ4n) is 1.55. The second kappa shape index (κ2) is 2.90. The molecule has 0 saturated heterocycles. The molecule has 1 aromatic rings. The van der Waals surface area contributed by atoms with Crippen molar-refractivity contribution in [1.82, 2.24) is 9.78 Å². The predicted octanol–water partition coefficient (Wildman–Crippen LogP) is 1.06. The van der Waals surface area contributed by atoms with Crippen molar-refractivity contribution >= 4 is 0 Å². The maximum absolute atomic E-state index is 8.79. The van der Waals surface area contributed by atoms with Crippen LogP contribution in [0.2, 0.25) is 0 Å². The molecule has 1 saturated carbocycles. The number of aliphatic hydroxyl groups is 1. The third kappa shape index (κ3) is 1.37. The van der Waals surface area contributed by atoms with E-state index < -0.39 is 0 Å². The Hall–Kier alpha value is -0.830. The van der Waals surface area contributed by atoms with Crippen LogP contribution in [-0.4, -0.2) is 21.5 Å². The van der Waals surface area contributed by atoms with Gasteiger partial charge < -0.3 is 5.11 Å². The van der Waals surface area contributed by atoms with Gasteiger partial charge in [-0.2, -0.15) is 5.10 Å². The summed E-state index contributed by atoms with van der Waals surface area (Å²) in [6, 6.07) is 2.13. The normalized spacial score (nSPS) is 16.8. The summed E-state index contributed by atoms with van der Waals surface area (Å²) in [7, 11) is 0. The summed E-state index contributed by atoms with van der Waals surface area (Å²) in [6.45, 7) is 2.82. The molecule has 12 heavy (non-hydrogen) atoms. The number of hydrogen-bond acceptors (Lipinski definition) is 2. The van der Waals surface area contributed by atoms with Crippen molar-refractivity contribution < 1.29 is 5.11 Å². The van der Waals surface area contributed by atoms with E-state index in [1.165, 1.54) is 18.5 Å². The summed E-state index contributed by atoms with van der Waals surface area (Å²) in [5.74, 6) is 0.720. The number of aliphatic hydroxyl groups excluding tert-OH is 1. The lowest BCUT2D eigenvalue weighted by atomic mass is 10.3. The molecular weight excluding hydrogens is 152 g/mol. The van der Waals surface area contributed by atoms with Gasteiger partial charge in [-0.15, -0.1) is 0 Å². The second-order valence-electron chi connectivity index (χ2n) is 3.43. The molecule has 0 atom stereocenters. The Morgan fingerprint density at radius 2 is 2.42 bits per heavy atom. The Kier molecular flexibility index (Phi) is 1.89. The topological polar surface area (TPSA) is 38.0 Å². The maximum Gasteiger partial charge on any atom is 0.0644 e. The van der Waals surface area contributed by atoms with Crippen molar-refractivity contribution in [3.05, 3.63) is 17.5 Å². The molecule has 1 N–H and O–H groups in total. The van der Waals surface area contributed by atoms with Crippen LogP contribution in [-0.2, 0) is 6.54 Å². The smallest absolute Gasteiger partial charge is 0.0644 e. The van der Waals surface area contributed by atoms with Crippen LogP contribution in [0.15, 0.2) is 6.07 Å². The molecular formula is C9H14N2O. The van der Waals surface area contributed by atoms with E-state index in [1.807, 2.05) is 11.6 Å². The maximum atomic E-state index is 8.79. The zero-order valence-corrected chi connectivity index (χ0v) is 7.32. The van der Waals surface area contributed by atoms with Gasteiger partial charge in [-0.05, 0) is 25.8 Å². The van der Waals surface area contributed by atoms with Crippen LogP contribution in [0.4, 0.5) is 0 Å². The fourth-order valence-corrected chi connectivity index (χ4v) is 1.55. The molecule has 1 aromatic heterocycles. The highest BCUT2D eigenvalue weighted by Gasteiger charge is 2.27.